The highest BCUT2D eigenvalue weighted by molar-refractivity contribution is 9.13. The molecule has 0 aliphatic heterocycles. The number of ether oxygens (including phenoxy) is 3. The molecule has 0 bridgehead atoms. The number of hydrogen-bond donors (Lipinski definition) is 3. The number of nitriles is 1. The van der Waals surface area contributed by atoms with Gasteiger partial charge in [0.25, 0.3) is 0 Å². The lowest BCUT2D eigenvalue weighted by Crippen LogP contribution is -2.09. The summed E-state index contributed by atoms with van der Waals surface area (Å²) in [5.41, 5.74) is 1.63. The number of fused-ring (bicyclic) bond motifs is 2. The van der Waals surface area contributed by atoms with Gasteiger partial charge in [-0.3, -0.25) is 4.57 Å². The highest BCUT2D eigenvalue weighted by atomic mass is 79.9. The topological polar surface area (TPSA) is 182 Å². The second kappa shape index (κ2) is 15.6. The predicted octanol–water partition coefficient (Wildman–Crippen LogP) is 9.04. The molecule has 262 valence electrons. The summed E-state index contributed by atoms with van der Waals surface area (Å²) in [6.45, 7) is 1.77. The molecule has 0 unspecified atom stereocenters. The summed E-state index contributed by atoms with van der Waals surface area (Å²) in [6.07, 6.45) is 0. The Labute approximate surface area is 331 Å². The number of halogens is 5. The van der Waals surface area contributed by atoms with Crippen LogP contribution in [0.3, 0.4) is 0 Å². The Kier molecular flexibility index (Phi) is 11.7. The quantitative estimate of drug-likeness (QED) is 0.103. The number of aromatic carboxylic acids is 1. The van der Waals surface area contributed by atoms with E-state index in [-0.39, 0.29) is 29.1 Å². The summed E-state index contributed by atoms with van der Waals surface area (Å²) in [7, 11) is 3.15. The van der Waals surface area contributed by atoms with Crippen molar-refractivity contribution in [3.8, 4) is 40.4 Å². The molecule has 0 fully saturated rings. The van der Waals surface area contributed by atoms with Crippen molar-refractivity contribution in [3.63, 3.8) is 0 Å². The standard InChI is InChI=1S/C18H13Br2N3O4.C15H9Br3N2O4/c1-3-27-18(25)14-16(24)12-13(19)17(20)23(15(12)11(8-21)22-14)9-4-6-10(26-2)7-5-9;1-24-7-4-2-6(3-5-7)20-11-8(9(16)14(20)18)12(21)10(15(22)23)19-13(11)17/h4-7,24H,3H2,1-2H3;2-5,21H,1H3,(H,22,23). The van der Waals surface area contributed by atoms with Gasteiger partial charge in [-0.25, -0.2) is 19.6 Å². The van der Waals surface area contributed by atoms with E-state index in [1.807, 2.05) is 18.2 Å². The van der Waals surface area contributed by atoms with Gasteiger partial charge in [-0.05, 0) is 135 Å². The molecule has 13 nitrogen and oxygen atoms in total. The van der Waals surface area contributed by atoms with Crippen molar-refractivity contribution < 1.29 is 39.1 Å². The maximum Gasteiger partial charge on any atom is 0.360 e. The van der Waals surface area contributed by atoms with Crippen LogP contribution in [-0.4, -0.2) is 67.2 Å². The second-order valence-corrected chi connectivity index (χ2v) is 14.0. The smallest absolute Gasteiger partial charge is 0.360 e. The third-order valence-corrected chi connectivity index (χ3v) is 12.0. The van der Waals surface area contributed by atoms with E-state index in [2.05, 4.69) is 89.6 Å². The lowest BCUT2D eigenvalue weighted by atomic mass is 10.2. The van der Waals surface area contributed by atoms with E-state index in [1.54, 1.807) is 66.7 Å². The molecule has 0 saturated heterocycles. The van der Waals surface area contributed by atoms with Crippen molar-refractivity contribution in [2.45, 2.75) is 6.92 Å². The van der Waals surface area contributed by atoms with Crippen LogP contribution in [-0.2, 0) is 4.74 Å². The van der Waals surface area contributed by atoms with Crippen LogP contribution >= 0.6 is 79.6 Å². The number of carbonyl (C=O) groups excluding carboxylic acids is 1. The van der Waals surface area contributed by atoms with E-state index in [0.717, 1.165) is 5.69 Å². The molecule has 0 aliphatic rings. The summed E-state index contributed by atoms with van der Waals surface area (Å²) in [4.78, 5) is 31.4. The number of aromatic hydroxyl groups is 2. The molecule has 0 spiro atoms. The zero-order valence-corrected chi connectivity index (χ0v) is 34.3. The Bertz CT molecular complexity index is 2390. The van der Waals surface area contributed by atoms with E-state index in [1.165, 1.54) is 0 Å². The number of carbonyl (C=O) groups is 2. The van der Waals surface area contributed by atoms with E-state index in [0.29, 0.717) is 56.4 Å². The van der Waals surface area contributed by atoms with Crippen molar-refractivity contribution in [2.75, 3.05) is 20.8 Å². The third kappa shape index (κ3) is 6.92. The van der Waals surface area contributed by atoms with Crippen LogP contribution in [0.4, 0.5) is 0 Å². The van der Waals surface area contributed by atoms with Crippen molar-refractivity contribution in [1.82, 2.24) is 19.1 Å². The first-order valence-electron chi connectivity index (χ1n) is 14.3. The molecule has 0 saturated carbocycles. The summed E-state index contributed by atoms with van der Waals surface area (Å²) in [5.74, 6) is -1.48. The monoisotopic (exact) mass is 1010 g/mol. The Balaban J connectivity index is 0.000000199. The van der Waals surface area contributed by atoms with Gasteiger partial charge in [0.05, 0.1) is 51.6 Å². The average molecular weight is 1020 g/mol. The minimum Gasteiger partial charge on any atom is -0.505 e. The SMILES string of the molecule is CCOC(=O)c1nc(C#N)c2c(c1O)c(Br)c(Br)n2-c1ccc(OC)cc1.COc1ccc(-n2c(Br)c(Br)c3c(O)c(C(=O)O)nc(Br)c32)cc1. The molecule has 0 radical (unpaired) electrons. The predicted molar refractivity (Wildman–Crippen MR) is 205 cm³/mol. The Morgan fingerprint density at radius 2 is 1.22 bits per heavy atom. The Hall–Kier alpha value is -4.15. The molecule has 2 aromatic carbocycles. The van der Waals surface area contributed by atoms with Gasteiger partial charge in [0.2, 0.25) is 0 Å². The van der Waals surface area contributed by atoms with Gasteiger partial charge in [0.1, 0.15) is 31.4 Å². The number of esters is 1. The number of pyridine rings is 2. The summed E-state index contributed by atoms with van der Waals surface area (Å²) in [5, 5.41) is 40.4. The number of nitrogens with zero attached hydrogens (tertiary/aromatic N) is 5. The zero-order valence-electron chi connectivity index (χ0n) is 26.3. The number of methoxy groups -OCH3 is 2. The van der Waals surface area contributed by atoms with Crippen LogP contribution < -0.4 is 9.47 Å². The van der Waals surface area contributed by atoms with Gasteiger partial charge in [0.15, 0.2) is 28.6 Å². The van der Waals surface area contributed by atoms with E-state index >= 15 is 0 Å². The molecule has 4 aromatic heterocycles. The first-order chi connectivity index (χ1) is 24.3. The van der Waals surface area contributed by atoms with Crippen LogP contribution in [0.5, 0.6) is 23.0 Å². The molecule has 18 heteroatoms. The molecule has 0 atom stereocenters. The third-order valence-electron chi connectivity index (χ3n) is 7.33. The fraction of sp³-hybridized carbons (Fsp3) is 0.121. The lowest BCUT2D eigenvalue weighted by Gasteiger charge is -2.10. The molecular weight excluding hydrogens is 994 g/mol. The Morgan fingerprint density at radius 1 is 0.765 bits per heavy atom. The van der Waals surface area contributed by atoms with Crippen LogP contribution in [0.2, 0.25) is 0 Å². The van der Waals surface area contributed by atoms with Gasteiger partial charge in [-0.1, -0.05) is 0 Å². The number of rotatable bonds is 7. The molecule has 0 amide bonds. The summed E-state index contributed by atoms with van der Waals surface area (Å²) >= 11 is 17.1. The number of carboxylic acid groups (broad SMARTS) is 1. The van der Waals surface area contributed by atoms with Crippen LogP contribution in [0.25, 0.3) is 33.2 Å². The van der Waals surface area contributed by atoms with E-state index in [4.69, 9.17) is 14.2 Å². The zero-order chi connectivity index (χ0) is 37.3. The fourth-order valence-corrected chi connectivity index (χ4v) is 7.88. The molecule has 4 heterocycles. The van der Waals surface area contributed by atoms with Crippen molar-refractivity contribution in [1.29, 1.82) is 5.26 Å². The second-order valence-electron chi connectivity index (χ2n) is 10.1. The number of benzene rings is 2. The van der Waals surface area contributed by atoms with Gasteiger partial charge >= 0.3 is 11.9 Å². The largest absolute Gasteiger partial charge is 0.505 e. The highest BCUT2D eigenvalue weighted by Crippen LogP contribution is 2.46. The molecule has 0 aliphatic carbocycles. The first kappa shape index (κ1) is 38.1. The van der Waals surface area contributed by atoms with Crippen molar-refractivity contribution >= 4 is 113 Å². The molecular formula is C33H22Br5N5O8. The first-order valence-corrected chi connectivity index (χ1v) is 18.3. The van der Waals surface area contributed by atoms with Crippen molar-refractivity contribution in [3.05, 3.63) is 88.4 Å². The van der Waals surface area contributed by atoms with Crippen molar-refractivity contribution in [2.24, 2.45) is 0 Å². The van der Waals surface area contributed by atoms with E-state index in [9.17, 15) is 30.2 Å². The maximum atomic E-state index is 12.1. The summed E-state index contributed by atoms with van der Waals surface area (Å²) in [6, 6.07) is 16.4. The minimum atomic E-state index is -1.31. The van der Waals surface area contributed by atoms with Crippen LogP contribution in [0.15, 0.2) is 71.3 Å². The van der Waals surface area contributed by atoms with Gasteiger partial charge in [0, 0.05) is 11.4 Å². The lowest BCUT2D eigenvalue weighted by molar-refractivity contribution is 0.0515. The minimum absolute atomic E-state index is 0.0203. The number of carboxylic acids is 1. The molecule has 6 aromatic rings. The normalized spacial score (nSPS) is 10.8. The number of aromatic nitrogens is 4. The van der Waals surface area contributed by atoms with Gasteiger partial charge in [-0.2, -0.15) is 5.26 Å². The Morgan fingerprint density at radius 3 is 1.65 bits per heavy atom. The molecule has 51 heavy (non-hydrogen) atoms. The average Bonchev–Trinajstić information content (AvgIpc) is 3.55. The van der Waals surface area contributed by atoms with E-state index < -0.39 is 23.4 Å². The highest BCUT2D eigenvalue weighted by Gasteiger charge is 2.28. The van der Waals surface area contributed by atoms with Gasteiger partial charge < -0.3 is 34.1 Å². The number of hydrogen-bond acceptors (Lipinski definition) is 10. The van der Waals surface area contributed by atoms with Crippen LogP contribution in [0, 0.1) is 11.3 Å². The molecule has 3 N–H and O–H groups in total. The van der Waals surface area contributed by atoms with Gasteiger partial charge in [-0.15, -0.1) is 0 Å². The fourth-order valence-electron chi connectivity index (χ4n) is 5.06. The van der Waals surface area contributed by atoms with Crippen LogP contribution in [0.1, 0.15) is 33.6 Å². The summed E-state index contributed by atoms with van der Waals surface area (Å²) < 4.78 is 21.2. The maximum absolute atomic E-state index is 12.1. The molecule has 6 rings (SSSR count).